The van der Waals surface area contributed by atoms with Crippen molar-refractivity contribution in [1.82, 2.24) is 0 Å². The van der Waals surface area contributed by atoms with Gasteiger partial charge in [-0.15, -0.1) is 0 Å². The lowest BCUT2D eigenvalue weighted by atomic mass is 9.98. The van der Waals surface area contributed by atoms with Crippen molar-refractivity contribution in [3.63, 3.8) is 0 Å². The minimum Gasteiger partial charge on any atom is -0.497 e. The van der Waals surface area contributed by atoms with Crippen LogP contribution in [0.4, 0.5) is 5.69 Å². The normalized spacial score (nSPS) is 16.3. The standard InChI is InChI=1S/C22H18BrClN2O/c1-27-20-11-7-16(8-12-20)22-14-21(15-5-9-18(24)10-6-15)25-26(22)19-4-2-3-17(23)13-19/h2-13,22H,14H2,1H3. The van der Waals surface area contributed by atoms with Gasteiger partial charge in [0.05, 0.1) is 24.6 Å². The van der Waals surface area contributed by atoms with Crippen molar-refractivity contribution in [2.45, 2.75) is 12.5 Å². The molecule has 0 amide bonds. The molecule has 0 spiro atoms. The molecule has 1 aliphatic rings. The zero-order valence-electron chi connectivity index (χ0n) is 14.8. The predicted octanol–water partition coefficient (Wildman–Crippen LogP) is 6.47. The fraction of sp³-hybridized carbons (Fsp3) is 0.136. The molecular formula is C22H18BrClN2O. The highest BCUT2D eigenvalue weighted by Gasteiger charge is 2.30. The van der Waals surface area contributed by atoms with Gasteiger partial charge >= 0.3 is 0 Å². The third-order valence-electron chi connectivity index (χ3n) is 4.66. The van der Waals surface area contributed by atoms with Crippen molar-refractivity contribution < 1.29 is 4.74 Å². The molecule has 0 saturated carbocycles. The van der Waals surface area contributed by atoms with Crippen molar-refractivity contribution in [1.29, 1.82) is 0 Å². The van der Waals surface area contributed by atoms with Crippen molar-refractivity contribution in [2.75, 3.05) is 12.1 Å². The first-order valence-electron chi connectivity index (χ1n) is 8.66. The number of benzene rings is 3. The average Bonchev–Trinajstić information content (AvgIpc) is 3.14. The van der Waals surface area contributed by atoms with E-state index in [4.69, 9.17) is 21.4 Å². The zero-order valence-corrected chi connectivity index (χ0v) is 17.1. The molecule has 1 atom stereocenters. The number of hydrazone groups is 1. The molecule has 0 aliphatic carbocycles. The molecule has 4 rings (SSSR count). The molecule has 3 aromatic carbocycles. The van der Waals surface area contributed by atoms with Crippen LogP contribution in [0.1, 0.15) is 23.6 Å². The van der Waals surface area contributed by atoms with Crippen LogP contribution in [-0.4, -0.2) is 12.8 Å². The maximum Gasteiger partial charge on any atom is 0.118 e. The van der Waals surface area contributed by atoms with Crippen LogP contribution in [0.2, 0.25) is 5.02 Å². The maximum atomic E-state index is 6.05. The van der Waals surface area contributed by atoms with Gasteiger partial charge < -0.3 is 4.74 Å². The summed E-state index contributed by atoms with van der Waals surface area (Å²) in [6.07, 6.45) is 0.820. The Hall–Kier alpha value is -2.30. The van der Waals surface area contributed by atoms with Crippen LogP contribution in [0.25, 0.3) is 0 Å². The van der Waals surface area contributed by atoms with Gasteiger partial charge in [-0.05, 0) is 53.6 Å². The van der Waals surface area contributed by atoms with Gasteiger partial charge in [-0.25, -0.2) is 0 Å². The topological polar surface area (TPSA) is 24.8 Å². The highest BCUT2D eigenvalue weighted by Crippen LogP contribution is 2.38. The fourth-order valence-electron chi connectivity index (χ4n) is 3.27. The zero-order chi connectivity index (χ0) is 18.8. The van der Waals surface area contributed by atoms with E-state index in [-0.39, 0.29) is 6.04 Å². The Morgan fingerprint density at radius 3 is 2.44 bits per heavy atom. The fourth-order valence-corrected chi connectivity index (χ4v) is 3.78. The van der Waals surface area contributed by atoms with Crippen LogP contribution in [0, 0.1) is 0 Å². The summed E-state index contributed by atoms with van der Waals surface area (Å²) < 4.78 is 6.33. The van der Waals surface area contributed by atoms with E-state index in [1.54, 1.807) is 7.11 Å². The van der Waals surface area contributed by atoms with Crippen LogP contribution in [0.15, 0.2) is 82.4 Å². The van der Waals surface area contributed by atoms with Gasteiger partial charge in [0, 0.05) is 15.9 Å². The van der Waals surface area contributed by atoms with Crippen LogP contribution in [-0.2, 0) is 0 Å². The predicted molar refractivity (Wildman–Crippen MR) is 115 cm³/mol. The van der Waals surface area contributed by atoms with Crippen LogP contribution < -0.4 is 9.75 Å². The molecule has 136 valence electrons. The second-order valence-corrected chi connectivity index (χ2v) is 7.72. The maximum absolute atomic E-state index is 6.05. The number of methoxy groups -OCH3 is 1. The van der Waals surface area contributed by atoms with E-state index < -0.39 is 0 Å². The minimum atomic E-state index is 0.121. The summed E-state index contributed by atoms with van der Waals surface area (Å²) in [5.41, 5.74) is 4.39. The second kappa shape index (κ2) is 7.75. The molecule has 3 nitrogen and oxygen atoms in total. The minimum absolute atomic E-state index is 0.121. The summed E-state index contributed by atoms with van der Waals surface area (Å²) >= 11 is 9.61. The number of halogens is 2. The Bertz CT molecular complexity index is 970. The van der Waals surface area contributed by atoms with Crippen molar-refractivity contribution in [3.8, 4) is 5.75 Å². The molecule has 0 bridgehead atoms. The van der Waals surface area contributed by atoms with E-state index in [1.165, 1.54) is 5.56 Å². The SMILES string of the molecule is COc1ccc(C2CC(c3ccc(Cl)cc3)=NN2c2cccc(Br)c2)cc1. The first kappa shape index (κ1) is 18.1. The van der Waals surface area contributed by atoms with Gasteiger partial charge in [0.2, 0.25) is 0 Å². The molecule has 5 heteroatoms. The Balaban J connectivity index is 1.73. The Morgan fingerprint density at radius 2 is 1.78 bits per heavy atom. The summed E-state index contributed by atoms with van der Waals surface area (Å²) in [6.45, 7) is 0. The Morgan fingerprint density at radius 1 is 1.04 bits per heavy atom. The van der Waals surface area contributed by atoms with E-state index in [0.717, 1.165) is 38.6 Å². The molecule has 0 radical (unpaired) electrons. The molecule has 0 aromatic heterocycles. The van der Waals surface area contributed by atoms with E-state index in [9.17, 15) is 0 Å². The van der Waals surface area contributed by atoms with Crippen LogP contribution >= 0.6 is 27.5 Å². The lowest BCUT2D eigenvalue weighted by Gasteiger charge is -2.24. The Kier molecular flexibility index (Phi) is 5.19. The molecule has 1 heterocycles. The van der Waals surface area contributed by atoms with E-state index >= 15 is 0 Å². The van der Waals surface area contributed by atoms with Gasteiger partial charge in [-0.1, -0.05) is 57.9 Å². The van der Waals surface area contributed by atoms with Crippen LogP contribution in [0.5, 0.6) is 5.75 Å². The summed E-state index contributed by atoms with van der Waals surface area (Å²) in [7, 11) is 1.68. The van der Waals surface area contributed by atoms with Gasteiger partial charge in [0.15, 0.2) is 0 Å². The third-order valence-corrected chi connectivity index (χ3v) is 5.41. The number of hydrogen-bond donors (Lipinski definition) is 0. The highest BCUT2D eigenvalue weighted by molar-refractivity contribution is 9.10. The second-order valence-electron chi connectivity index (χ2n) is 6.37. The summed E-state index contributed by atoms with van der Waals surface area (Å²) in [5.74, 6) is 0.851. The van der Waals surface area contributed by atoms with Crippen molar-refractivity contribution in [3.05, 3.63) is 93.4 Å². The van der Waals surface area contributed by atoms with Gasteiger partial charge in [-0.2, -0.15) is 5.10 Å². The lowest BCUT2D eigenvalue weighted by molar-refractivity contribution is 0.414. The number of anilines is 1. The lowest BCUT2D eigenvalue weighted by Crippen LogP contribution is -2.18. The molecule has 1 unspecified atom stereocenters. The quantitative estimate of drug-likeness (QED) is 0.464. The third kappa shape index (κ3) is 3.87. The number of nitrogens with zero attached hydrogens (tertiary/aromatic N) is 2. The molecule has 27 heavy (non-hydrogen) atoms. The largest absolute Gasteiger partial charge is 0.497 e. The van der Waals surface area contributed by atoms with Crippen LogP contribution in [0.3, 0.4) is 0 Å². The molecule has 0 fully saturated rings. The number of rotatable bonds is 4. The molecule has 1 aliphatic heterocycles. The smallest absolute Gasteiger partial charge is 0.118 e. The number of hydrogen-bond acceptors (Lipinski definition) is 3. The first-order valence-corrected chi connectivity index (χ1v) is 9.83. The van der Waals surface area contributed by atoms with E-state index in [2.05, 4.69) is 45.2 Å². The van der Waals surface area contributed by atoms with Gasteiger partial charge in [0.1, 0.15) is 5.75 Å². The molecule has 3 aromatic rings. The molecular weight excluding hydrogens is 424 g/mol. The first-order chi connectivity index (χ1) is 13.1. The molecule has 0 saturated heterocycles. The van der Waals surface area contributed by atoms with E-state index in [0.29, 0.717) is 0 Å². The Labute approximate surface area is 172 Å². The summed E-state index contributed by atoms with van der Waals surface area (Å²) in [6, 6.07) is 24.4. The van der Waals surface area contributed by atoms with E-state index in [1.807, 2.05) is 48.5 Å². The van der Waals surface area contributed by atoms with Crippen molar-refractivity contribution in [2.24, 2.45) is 5.10 Å². The highest BCUT2D eigenvalue weighted by atomic mass is 79.9. The average molecular weight is 442 g/mol. The van der Waals surface area contributed by atoms with Gasteiger partial charge in [-0.3, -0.25) is 5.01 Å². The monoisotopic (exact) mass is 440 g/mol. The number of ether oxygens (including phenoxy) is 1. The van der Waals surface area contributed by atoms with Crippen molar-refractivity contribution >= 4 is 38.9 Å². The summed E-state index contributed by atoms with van der Waals surface area (Å²) in [5, 5.41) is 7.78. The van der Waals surface area contributed by atoms with Gasteiger partial charge in [0.25, 0.3) is 0 Å². The summed E-state index contributed by atoms with van der Waals surface area (Å²) in [4.78, 5) is 0. The molecule has 0 N–H and O–H groups in total.